The first-order valence-corrected chi connectivity index (χ1v) is 12.5. The summed E-state index contributed by atoms with van der Waals surface area (Å²) in [7, 11) is 0. The molecule has 2 aromatic carbocycles. The molecule has 3 amide bonds. The van der Waals surface area contributed by atoms with Crippen molar-refractivity contribution >= 4 is 29.1 Å². The number of nitrogens with one attached hydrogen (secondary N) is 1. The molecule has 0 aliphatic carbocycles. The van der Waals surface area contributed by atoms with Gasteiger partial charge in [0.25, 0.3) is 5.91 Å². The van der Waals surface area contributed by atoms with Gasteiger partial charge in [-0.1, -0.05) is 75.4 Å². The molecule has 0 saturated carbocycles. The smallest absolute Gasteiger partial charge is 0.272 e. The van der Waals surface area contributed by atoms with E-state index in [2.05, 4.69) is 11.9 Å². The SMILES string of the molecule is C=CCC(C(N)=O)C(CC(C)C)C(=O)NC1N=C(c2ccccc2)c2ccccc2N(CCC)C1=O. The van der Waals surface area contributed by atoms with Crippen LogP contribution in [0.25, 0.3) is 0 Å². The molecule has 0 radical (unpaired) electrons. The lowest BCUT2D eigenvalue weighted by Gasteiger charge is -2.28. The second-order valence-electron chi connectivity index (χ2n) is 9.53. The highest BCUT2D eigenvalue weighted by Crippen LogP contribution is 2.29. The highest BCUT2D eigenvalue weighted by molar-refractivity contribution is 6.20. The molecule has 0 fully saturated rings. The van der Waals surface area contributed by atoms with E-state index < -0.39 is 29.8 Å². The minimum Gasteiger partial charge on any atom is -0.369 e. The third-order valence-corrected chi connectivity index (χ3v) is 6.32. The molecule has 1 aliphatic heterocycles. The first-order chi connectivity index (χ1) is 17.3. The number of allylic oxidation sites excluding steroid dienone is 1. The fourth-order valence-electron chi connectivity index (χ4n) is 4.67. The summed E-state index contributed by atoms with van der Waals surface area (Å²) in [6.07, 6.45) is 1.92. The molecule has 7 nitrogen and oxygen atoms in total. The van der Waals surface area contributed by atoms with Crippen molar-refractivity contribution in [2.24, 2.45) is 28.5 Å². The van der Waals surface area contributed by atoms with E-state index in [0.717, 1.165) is 23.2 Å². The van der Waals surface area contributed by atoms with Gasteiger partial charge in [-0.25, -0.2) is 4.99 Å². The molecule has 2 aromatic rings. The zero-order chi connectivity index (χ0) is 26.2. The molecule has 3 atom stereocenters. The van der Waals surface area contributed by atoms with Gasteiger partial charge in [-0.15, -0.1) is 6.58 Å². The maximum absolute atomic E-state index is 13.8. The molecular weight excluding hydrogens is 452 g/mol. The minimum absolute atomic E-state index is 0.140. The minimum atomic E-state index is -1.14. The number of nitrogens with zero attached hydrogens (tertiary/aromatic N) is 2. The average Bonchev–Trinajstić information content (AvgIpc) is 2.97. The number of hydrogen-bond donors (Lipinski definition) is 2. The number of primary amides is 1. The van der Waals surface area contributed by atoms with E-state index >= 15 is 0 Å². The van der Waals surface area contributed by atoms with Crippen LogP contribution >= 0.6 is 0 Å². The molecule has 3 unspecified atom stereocenters. The van der Waals surface area contributed by atoms with Crippen molar-refractivity contribution in [2.75, 3.05) is 11.4 Å². The van der Waals surface area contributed by atoms with E-state index in [9.17, 15) is 14.4 Å². The monoisotopic (exact) mass is 488 g/mol. The van der Waals surface area contributed by atoms with Gasteiger partial charge in [0.2, 0.25) is 18.0 Å². The summed E-state index contributed by atoms with van der Waals surface area (Å²) in [5, 5.41) is 2.87. The average molecular weight is 489 g/mol. The van der Waals surface area contributed by atoms with Gasteiger partial charge in [0.15, 0.2) is 0 Å². The summed E-state index contributed by atoms with van der Waals surface area (Å²) in [5.74, 6) is -2.56. The Hall–Kier alpha value is -3.74. The molecule has 0 spiro atoms. The number of para-hydroxylation sites is 1. The van der Waals surface area contributed by atoms with Crippen LogP contribution in [0.5, 0.6) is 0 Å². The number of anilines is 1. The molecule has 190 valence electrons. The maximum Gasteiger partial charge on any atom is 0.272 e. The first kappa shape index (κ1) is 26.9. The topological polar surface area (TPSA) is 105 Å². The van der Waals surface area contributed by atoms with Gasteiger partial charge in [-0.3, -0.25) is 14.4 Å². The number of aliphatic imine (C=N–C) groups is 1. The fourth-order valence-corrected chi connectivity index (χ4v) is 4.67. The molecule has 0 saturated heterocycles. The van der Waals surface area contributed by atoms with Crippen LogP contribution in [0.4, 0.5) is 5.69 Å². The number of amides is 3. The Bertz CT molecular complexity index is 1130. The number of benzene rings is 2. The van der Waals surface area contributed by atoms with Crippen LogP contribution in [-0.2, 0) is 14.4 Å². The van der Waals surface area contributed by atoms with Gasteiger partial charge < -0.3 is 16.0 Å². The van der Waals surface area contributed by atoms with Crippen molar-refractivity contribution < 1.29 is 14.4 Å². The first-order valence-electron chi connectivity index (χ1n) is 12.5. The van der Waals surface area contributed by atoms with Gasteiger partial charge in [0.1, 0.15) is 0 Å². The zero-order valence-corrected chi connectivity index (χ0v) is 21.3. The Kier molecular flexibility index (Phi) is 9.17. The van der Waals surface area contributed by atoms with Crippen LogP contribution in [-0.4, -0.2) is 36.1 Å². The summed E-state index contributed by atoms with van der Waals surface area (Å²) in [6.45, 7) is 10.2. The summed E-state index contributed by atoms with van der Waals surface area (Å²) < 4.78 is 0. The standard InChI is InChI=1S/C29H36N4O3/c1-5-12-21(26(30)34)23(18-19(3)4)28(35)32-27-29(36)33(17-6-2)24-16-11-10-15-22(24)25(31-27)20-13-8-7-9-14-20/h5,7-11,13-16,19,21,23,27H,1,6,12,17-18H2,2-4H3,(H2,30,34)(H,32,35). The Morgan fingerprint density at radius 1 is 1.11 bits per heavy atom. The van der Waals surface area contributed by atoms with Crippen molar-refractivity contribution in [3.8, 4) is 0 Å². The van der Waals surface area contributed by atoms with Crippen LogP contribution < -0.4 is 16.0 Å². The van der Waals surface area contributed by atoms with Crippen LogP contribution in [0.1, 0.15) is 51.2 Å². The largest absolute Gasteiger partial charge is 0.369 e. The second kappa shape index (κ2) is 12.3. The number of nitrogens with two attached hydrogens (primary N) is 1. The predicted molar refractivity (Wildman–Crippen MR) is 144 cm³/mol. The number of carbonyl (C=O) groups excluding carboxylic acids is 3. The third-order valence-electron chi connectivity index (χ3n) is 6.32. The van der Waals surface area contributed by atoms with Gasteiger partial charge in [0.05, 0.1) is 23.2 Å². The van der Waals surface area contributed by atoms with Gasteiger partial charge in [0, 0.05) is 17.7 Å². The highest BCUT2D eigenvalue weighted by Gasteiger charge is 2.37. The number of rotatable bonds is 11. The van der Waals surface area contributed by atoms with Crippen LogP contribution in [0, 0.1) is 17.8 Å². The summed E-state index contributed by atoms with van der Waals surface area (Å²) in [4.78, 5) is 46.1. The van der Waals surface area contributed by atoms with E-state index in [0.29, 0.717) is 18.7 Å². The lowest BCUT2D eigenvalue weighted by Crippen LogP contribution is -2.51. The number of benzodiazepines with no additional fused rings is 1. The van der Waals surface area contributed by atoms with Gasteiger partial charge >= 0.3 is 0 Å². The Balaban J connectivity index is 2.08. The molecule has 0 bridgehead atoms. The Morgan fingerprint density at radius 3 is 2.39 bits per heavy atom. The van der Waals surface area contributed by atoms with Gasteiger partial charge in [-0.2, -0.15) is 0 Å². The molecular formula is C29H36N4O3. The van der Waals surface area contributed by atoms with E-state index in [-0.39, 0.29) is 18.2 Å². The van der Waals surface area contributed by atoms with Crippen molar-refractivity contribution in [3.63, 3.8) is 0 Å². The fraction of sp³-hybridized carbons (Fsp3) is 0.379. The quantitative estimate of drug-likeness (QED) is 0.466. The van der Waals surface area contributed by atoms with Crippen molar-refractivity contribution in [1.82, 2.24) is 5.32 Å². The zero-order valence-electron chi connectivity index (χ0n) is 21.3. The van der Waals surface area contributed by atoms with Crippen molar-refractivity contribution in [3.05, 3.63) is 78.4 Å². The number of hydrogen-bond acceptors (Lipinski definition) is 4. The molecule has 36 heavy (non-hydrogen) atoms. The number of fused-ring (bicyclic) bond motifs is 1. The number of carbonyl (C=O) groups is 3. The molecule has 1 aliphatic rings. The molecule has 7 heteroatoms. The van der Waals surface area contributed by atoms with E-state index in [1.807, 2.05) is 75.4 Å². The van der Waals surface area contributed by atoms with E-state index in [4.69, 9.17) is 10.7 Å². The Morgan fingerprint density at radius 2 is 1.78 bits per heavy atom. The van der Waals surface area contributed by atoms with Crippen LogP contribution in [0.15, 0.2) is 72.2 Å². The molecule has 3 N–H and O–H groups in total. The molecule has 3 rings (SSSR count). The third kappa shape index (κ3) is 6.08. The lowest BCUT2D eigenvalue weighted by molar-refractivity contribution is -0.135. The summed E-state index contributed by atoms with van der Waals surface area (Å²) >= 11 is 0. The second-order valence-corrected chi connectivity index (χ2v) is 9.53. The highest BCUT2D eigenvalue weighted by atomic mass is 16.2. The van der Waals surface area contributed by atoms with Crippen LogP contribution in [0.3, 0.4) is 0 Å². The van der Waals surface area contributed by atoms with Gasteiger partial charge in [-0.05, 0) is 31.2 Å². The van der Waals surface area contributed by atoms with E-state index in [1.54, 1.807) is 11.0 Å². The summed E-state index contributed by atoms with van der Waals surface area (Å²) in [5.41, 5.74) is 8.72. The maximum atomic E-state index is 13.8. The predicted octanol–water partition coefficient (Wildman–Crippen LogP) is 4.06. The van der Waals surface area contributed by atoms with Crippen LogP contribution in [0.2, 0.25) is 0 Å². The van der Waals surface area contributed by atoms with Crippen molar-refractivity contribution in [2.45, 2.75) is 46.2 Å². The molecule has 0 aromatic heterocycles. The van der Waals surface area contributed by atoms with Crippen molar-refractivity contribution in [1.29, 1.82) is 0 Å². The van der Waals surface area contributed by atoms with E-state index in [1.165, 1.54) is 0 Å². The Labute approximate surface area is 213 Å². The normalized spacial score (nSPS) is 17.0. The lowest BCUT2D eigenvalue weighted by atomic mass is 9.82. The molecule has 1 heterocycles. The summed E-state index contributed by atoms with van der Waals surface area (Å²) in [6, 6.07) is 17.3.